The molecule has 1 atom stereocenters. The maximum Gasteiger partial charge on any atom is 0.254 e. The molecule has 2 aromatic carbocycles. The summed E-state index contributed by atoms with van der Waals surface area (Å²) >= 11 is 0. The number of nitrogens with two attached hydrogens (primary N) is 1. The number of fused-ring (bicyclic) bond motifs is 2. The summed E-state index contributed by atoms with van der Waals surface area (Å²) < 4.78 is 32.2. The van der Waals surface area contributed by atoms with E-state index in [2.05, 4.69) is 15.4 Å². The molecule has 44 heavy (non-hydrogen) atoms. The lowest BCUT2D eigenvalue weighted by Gasteiger charge is -2.16. The minimum atomic E-state index is -1.65. The number of amides is 1. The predicted molar refractivity (Wildman–Crippen MR) is 156 cm³/mol. The number of phenolic OH excluding ortho intramolecular Hbond substituents is 1. The van der Waals surface area contributed by atoms with Gasteiger partial charge in [-0.05, 0) is 72.5 Å². The van der Waals surface area contributed by atoms with Crippen LogP contribution < -0.4 is 11.1 Å². The Hall–Kier alpha value is -5.98. The highest BCUT2D eigenvalue weighted by Crippen LogP contribution is 2.36. The van der Waals surface area contributed by atoms with Crippen molar-refractivity contribution >= 4 is 29.2 Å². The molecule has 0 saturated heterocycles. The molecule has 13 heteroatoms. The van der Waals surface area contributed by atoms with Gasteiger partial charge in [0, 0.05) is 24.3 Å². The minimum Gasteiger partial charge on any atom is -0.504 e. The van der Waals surface area contributed by atoms with Gasteiger partial charge < -0.3 is 16.2 Å². The number of nitrogens with one attached hydrogen (secondary N) is 1. The number of phenols is 1. The molecule has 218 valence electrons. The summed E-state index contributed by atoms with van der Waals surface area (Å²) in [6.07, 6.45) is 6.29. The fraction of sp³-hybridized carbons (Fsp3) is 0.0968. The number of imidazole rings is 1. The van der Waals surface area contributed by atoms with Gasteiger partial charge in [-0.1, -0.05) is 6.07 Å². The number of aromatic nitrogens is 6. The Kier molecular flexibility index (Phi) is 6.34. The standard InChI is InChI=1S/C31H22F2N8O3/c32-25-21(14-17(15-42)27(43)26(25)33)31(44)38-22-7-4-16-13-18(5-6-19(16)22)41-29(20-3-1-10-35-28(20)34)37-23-8-9-24(39-30(23)41)40-12-2-11-36-40/h1-3,5-6,8-15,22,43H,4,7H2,(H2,34,35)(H,38,44)/t22-/m0/s1. The highest BCUT2D eigenvalue weighted by molar-refractivity contribution is 5.97. The van der Waals surface area contributed by atoms with Crippen LogP contribution in [0, 0.1) is 11.6 Å². The van der Waals surface area contributed by atoms with Crippen LogP contribution >= 0.6 is 0 Å². The number of halogens is 2. The lowest BCUT2D eigenvalue weighted by atomic mass is 10.0. The van der Waals surface area contributed by atoms with E-state index >= 15 is 0 Å². The summed E-state index contributed by atoms with van der Waals surface area (Å²) in [5, 5.41) is 16.7. The van der Waals surface area contributed by atoms with Crippen molar-refractivity contribution in [1.29, 1.82) is 0 Å². The van der Waals surface area contributed by atoms with E-state index < -0.39 is 40.5 Å². The largest absolute Gasteiger partial charge is 0.504 e. The second kappa shape index (κ2) is 10.4. The van der Waals surface area contributed by atoms with Gasteiger partial charge in [-0.2, -0.15) is 9.49 Å². The number of aldehydes is 1. The van der Waals surface area contributed by atoms with Crippen LogP contribution in [0.25, 0.3) is 34.1 Å². The van der Waals surface area contributed by atoms with Crippen LogP contribution in [0.15, 0.2) is 73.2 Å². The fourth-order valence-corrected chi connectivity index (χ4v) is 5.53. The van der Waals surface area contributed by atoms with Gasteiger partial charge in [-0.15, -0.1) is 0 Å². The summed E-state index contributed by atoms with van der Waals surface area (Å²) in [5.41, 5.74) is 9.34. The van der Waals surface area contributed by atoms with Gasteiger partial charge in [0.15, 0.2) is 35.1 Å². The van der Waals surface area contributed by atoms with E-state index in [1.54, 1.807) is 35.4 Å². The van der Waals surface area contributed by atoms with E-state index in [4.69, 9.17) is 15.7 Å². The number of nitrogens with zero attached hydrogens (tertiary/aromatic N) is 6. The van der Waals surface area contributed by atoms with E-state index in [-0.39, 0.29) is 6.29 Å². The Bertz CT molecular complexity index is 2110. The Morgan fingerprint density at radius 1 is 1.07 bits per heavy atom. The Balaban J connectivity index is 1.29. The second-order valence-corrected chi connectivity index (χ2v) is 10.2. The van der Waals surface area contributed by atoms with Crippen LogP contribution in [0.3, 0.4) is 0 Å². The van der Waals surface area contributed by atoms with E-state index in [0.717, 1.165) is 22.9 Å². The summed E-state index contributed by atoms with van der Waals surface area (Å²) in [6, 6.07) is 15.1. The number of carbonyl (C=O) groups is 2. The van der Waals surface area contributed by atoms with E-state index in [9.17, 15) is 23.5 Å². The summed E-state index contributed by atoms with van der Waals surface area (Å²) in [5.74, 6) is -3.80. The molecule has 1 aliphatic rings. The number of aromatic hydroxyl groups is 1. The van der Waals surface area contributed by atoms with Gasteiger partial charge in [-0.3, -0.25) is 14.2 Å². The number of aryl methyl sites for hydroxylation is 1. The van der Waals surface area contributed by atoms with Crippen LogP contribution in [0.2, 0.25) is 0 Å². The molecule has 4 heterocycles. The van der Waals surface area contributed by atoms with Crippen molar-refractivity contribution in [3.8, 4) is 28.6 Å². The number of hydrogen-bond donors (Lipinski definition) is 3. The number of rotatable bonds is 6. The molecule has 0 unspecified atom stereocenters. The van der Waals surface area contributed by atoms with Crippen molar-refractivity contribution < 1.29 is 23.5 Å². The molecule has 0 radical (unpaired) electrons. The molecule has 1 aliphatic carbocycles. The van der Waals surface area contributed by atoms with Gasteiger partial charge in [0.25, 0.3) is 5.91 Å². The molecule has 7 rings (SSSR count). The topological polar surface area (TPSA) is 154 Å². The van der Waals surface area contributed by atoms with Crippen LogP contribution in [0.5, 0.6) is 5.75 Å². The number of hydrogen-bond acceptors (Lipinski definition) is 8. The number of carbonyl (C=O) groups excluding carboxylic acids is 2. The number of pyridine rings is 2. The van der Waals surface area contributed by atoms with Crippen molar-refractivity contribution in [1.82, 2.24) is 34.6 Å². The van der Waals surface area contributed by atoms with E-state index in [0.29, 0.717) is 47.0 Å². The molecule has 6 aromatic rings. The van der Waals surface area contributed by atoms with E-state index in [1.165, 1.54) is 0 Å². The first kappa shape index (κ1) is 26.9. The number of anilines is 1. The van der Waals surface area contributed by atoms with Gasteiger partial charge in [-0.25, -0.2) is 24.0 Å². The molecular weight excluding hydrogens is 570 g/mol. The third-order valence-electron chi connectivity index (χ3n) is 7.66. The van der Waals surface area contributed by atoms with Crippen molar-refractivity contribution in [3.63, 3.8) is 0 Å². The van der Waals surface area contributed by atoms with Gasteiger partial charge in [0.05, 0.1) is 22.7 Å². The monoisotopic (exact) mass is 592 g/mol. The zero-order valence-corrected chi connectivity index (χ0v) is 22.8. The molecule has 1 amide bonds. The number of nitrogen functional groups attached to an aromatic ring is 1. The maximum atomic E-state index is 14.5. The van der Waals surface area contributed by atoms with Gasteiger partial charge in [0.1, 0.15) is 11.3 Å². The van der Waals surface area contributed by atoms with Crippen LogP contribution in [0.4, 0.5) is 14.6 Å². The average Bonchev–Trinajstić information content (AvgIpc) is 3.79. The summed E-state index contributed by atoms with van der Waals surface area (Å²) in [7, 11) is 0. The maximum absolute atomic E-state index is 14.5. The molecule has 0 bridgehead atoms. The highest BCUT2D eigenvalue weighted by Gasteiger charge is 2.29. The van der Waals surface area contributed by atoms with Crippen molar-refractivity contribution in [2.24, 2.45) is 0 Å². The first-order chi connectivity index (χ1) is 21.3. The van der Waals surface area contributed by atoms with Crippen molar-refractivity contribution in [2.45, 2.75) is 18.9 Å². The Morgan fingerprint density at radius 2 is 1.93 bits per heavy atom. The lowest BCUT2D eigenvalue weighted by Crippen LogP contribution is -2.28. The first-order valence-corrected chi connectivity index (χ1v) is 13.5. The molecule has 11 nitrogen and oxygen atoms in total. The molecule has 0 spiro atoms. The summed E-state index contributed by atoms with van der Waals surface area (Å²) in [4.78, 5) is 38.1. The van der Waals surface area contributed by atoms with Crippen LogP contribution in [0.1, 0.15) is 44.3 Å². The van der Waals surface area contributed by atoms with E-state index in [1.807, 2.05) is 41.0 Å². The molecule has 4 N–H and O–H groups in total. The molecule has 0 aliphatic heterocycles. The van der Waals surface area contributed by atoms with Gasteiger partial charge >= 0.3 is 0 Å². The SMILES string of the molecule is Nc1ncccc1-c1nc2ccc(-n3cccn3)nc2n1-c1ccc2c(c1)CC[C@@H]2NC(=O)c1cc(C=O)c(O)c(F)c1F. The number of benzene rings is 2. The van der Waals surface area contributed by atoms with Crippen molar-refractivity contribution in [2.75, 3.05) is 5.73 Å². The zero-order valence-electron chi connectivity index (χ0n) is 22.8. The quantitative estimate of drug-likeness (QED) is 0.240. The molecule has 0 fully saturated rings. The van der Waals surface area contributed by atoms with Crippen LogP contribution in [-0.2, 0) is 6.42 Å². The van der Waals surface area contributed by atoms with Crippen LogP contribution in [-0.4, -0.2) is 46.6 Å². The Labute approximate surface area is 247 Å². The second-order valence-electron chi connectivity index (χ2n) is 10.2. The molecule has 0 saturated carbocycles. The minimum absolute atomic E-state index is 0.154. The summed E-state index contributed by atoms with van der Waals surface area (Å²) in [6.45, 7) is 0. The third kappa shape index (κ3) is 4.33. The third-order valence-corrected chi connectivity index (χ3v) is 7.66. The lowest BCUT2D eigenvalue weighted by molar-refractivity contribution is 0.0931. The zero-order chi connectivity index (χ0) is 30.5. The normalized spacial score (nSPS) is 14.1. The predicted octanol–water partition coefficient (Wildman–Crippen LogP) is 4.46. The average molecular weight is 593 g/mol. The highest BCUT2D eigenvalue weighted by atomic mass is 19.2. The van der Waals surface area contributed by atoms with Crippen molar-refractivity contribution in [3.05, 3.63) is 107 Å². The fourth-order valence-electron chi connectivity index (χ4n) is 5.53. The van der Waals surface area contributed by atoms with Gasteiger partial charge in [0.2, 0.25) is 5.82 Å². The molecular formula is C31H22F2N8O3. The molecule has 4 aromatic heterocycles. The Morgan fingerprint density at radius 3 is 2.70 bits per heavy atom. The first-order valence-electron chi connectivity index (χ1n) is 13.5. The smallest absolute Gasteiger partial charge is 0.254 e.